The molecule has 0 saturated heterocycles. The van der Waals surface area contributed by atoms with Crippen LogP contribution in [0.25, 0.3) is 11.1 Å². The number of nitriles is 1. The molecule has 1 aromatic carbocycles. The summed E-state index contributed by atoms with van der Waals surface area (Å²) >= 11 is 0. The molecule has 2 heterocycles. The highest BCUT2D eigenvalue weighted by molar-refractivity contribution is 5.66. The lowest BCUT2D eigenvalue weighted by Gasteiger charge is -2.43. The number of benzene rings is 1. The Balaban J connectivity index is 1.53. The molecule has 0 bridgehead atoms. The van der Waals surface area contributed by atoms with E-state index in [1.54, 1.807) is 18.3 Å². The van der Waals surface area contributed by atoms with E-state index in [0.717, 1.165) is 16.8 Å². The molecular weight excluding hydrogens is 372 g/mol. The summed E-state index contributed by atoms with van der Waals surface area (Å²) in [5.41, 5.74) is 2.71. The predicted molar refractivity (Wildman–Crippen MR) is 105 cm³/mol. The number of rotatable bonds is 5. The van der Waals surface area contributed by atoms with Gasteiger partial charge in [0.1, 0.15) is 12.0 Å². The zero-order valence-corrected chi connectivity index (χ0v) is 15.9. The van der Waals surface area contributed by atoms with Gasteiger partial charge in [-0.25, -0.2) is 18.7 Å². The van der Waals surface area contributed by atoms with E-state index in [4.69, 9.17) is 5.26 Å². The Bertz CT molecular complexity index is 1070. The van der Waals surface area contributed by atoms with Crippen LogP contribution in [-0.2, 0) is 5.41 Å². The summed E-state index contributed by atoms with van der Waals surface area (Å²) in [7, 11) is 0. The number of aryl methyl sites for hydroxylation is 1. The van der Waals surface area contributed by atoms with E-state index < -0.39 is 17.4 Å². The first-order chi connectivity index (χ1) is 14.0. The Hall–Kier alpha value is -3.40. The van der Waals surface area contributed by atoms with Crippen molar-refractivity contribution in [2.45, 2.75) is 31.4 Å². The van der Waals surface area contributed by atoms with Crippen LogP contribution in [-0.4, -0.2) is 27.7 Å². The molecule has 0 aliphatic heterocycles. The SMILES string of the molecule is Cc1nc(NCC2(c3ncccc3F)CC(F)C2)ncc1-c1ccc(C#N)cc1. The highest BCUT2D eigenvalue weighted by atomic mass is 19.1. The van der Waals surface area contributed by atoms with E-state index in [1.165, 1.54) is 18.3 Å². The maximum atomic E-state index is 14.3. The zero-order chi connectivity index (χ0) is 20.4. The number of aromatic nitrogens is 3. The first-order valence-electron chi connectivity index (χ1n) is 9.34. The molecule has 0 radical (unpaired) electrons. The van der Waals surface area contributed by atoms with E-state index in [2.05, 4.69) is 26.3 Å². The Morgan fingerprint density at radius 1 is 1.21 bits per heavy atom. The van der Waals surface area contributed by atoms with Gasteiger partial charge in [0.15, 0.2) is 0 Å². The number of halogens is 2. The van der Waals surface area contributed by atoms with Crippen molar-refractivity contribution >= 4 is 5.95 Å². The fourth-order valence-corrected chi connectivity index (χ4v) is 3.79. The van der Waals surface area contributed by atoms with Gasteiger partial charge in [0.2, 0.25) is 5.95 Å². The average molecular weight is 391 g/mol. The predicted octanol–water partition coefficient (Wildman–Crippen LogP) is 4.34. The van der Waals surface area contributed by atoms with Crippen molar-refractivity contribution in [2.75, 3.05) is 11.9 Å². The van der Waals surface area contributed by atoms with Gasteiger partial charge in [0, 0.05) is 29.9 Å². The van der Waals surface area contributed by atoms with Crippen molar-refractivity contribution in [3.05, 3.63) is 71.6 Å². The van der Waals surface area contributed by atoms with E-state index in [1.807, 2.05) is 19.1 Å². The zero-order valence-electron chi connectivity index (χ0n) is 15.9. The van der Waals surface area contributed by atoms with Gasteiger partial charge < -0.3 is 5.32 Å². The summed E-state index contributed by atoms with van der Waals surface area (Å²) in [6.45, 7) is 2.17. The van der Waals surface area contributed by atoms with E-state index in [9.17, 15) is 8.78 Å². The maximum absolute atomic E-state index is 14.3. The number of nitrogens with zero attached hydrogens (tertiary/aromatic N) is 4. The van der Waals surface area contributed by atoms with Gasteiger partial charge in [-0.2, -0.15) is 5.26 Å². The van der Waals surface area contributed by atoms with Crippen LogP contribution in [0.4, 0.5) is 14.7 Å². The summed E-state index contributed by atoms with van der Waals surface area (Å²) in [6.07, 6.45) is 2.71. The minimum absolute atomic E-state index is 0.218. The van der Waals surface area contributed by atoms with Crippen molar-refractivity contribution in [1.29, 1.82) is 5.26 Å². The number of anilines is 1. The van der Waals surface area contributed by atoms with Crippen LogP contribution in [0.3, 0.4) is 0 Å². The van der Waals surface area contributed by atoms with Gasteiger partial charge in [-0.3, -0.25) is 4.98 Å². The number of pyridine rings is 1. The van der Waals surface area contributed by atoms with Gasteiger partial charge in [0.05, 0.1) is 23.0 Å². The Morgan fingerprint density at radius 2 is 1.97 bits per heavy atom. The van der Waals surface area contributed by atoms with Crippen molar-refractivity contribution in [2.24, 2.45) is 0 Å². The second-order valence-corrected chi connectivity index (χ2v) is 7.36. The molecule has 29 heavy (non-hydrogen) atoms. The van der Waals surface area contributed by atoms with Crippen LogP contribution in [0, 0.1) is 24.1 Å². The number of hydrogen-bond acceptors (Lipinski definition) is 5. The minimum Gasteiger partial charge on any atom is -0.353 e. The number of alkyl halides is 1. The molecule has 146 valence electrons. The third-order valence-electron chi connectivity index (χ3n) is 5.37. The van der Waals surface area contributed by atoms with Crippen LogP contribution in [0.15, 0.2) is 48.8 Å². The standard InChI is InChI=1S/C22H19F2N5/c1-14-18(16-6-4-15(11-25)5-7-16)12-27-21(29-14)28-13-22(9-17(23)10-22)20-19(24)3-2-8-26-20/h2-8,12,17H,9-10,13H2,1H3,(H,27,28,29). The quantitative estimate of drug-likeness (QED) is 0.700. The Kier molecular flexibility index (Phi) is 4.93. The third kappa shape index (κ3) is 3.66. The molecule has 2 aromatic heterocycles. The summed E-state index contributed by atoms with van der Waals surface area (Å²) in [5.74, 6) is -0.0209. The van der Waals surface area contributed by atoms with Gasteiger partial charge in [-0.05, 0) is 49.6 Å². The summed E-state index contributed by atoms with van der Waals surface area (Å²) < 4.78 is 27.9. The fraction of sp³-hybridized carbons (Fsp3) is 0.273. The van der Waals surface area contributed by atoms with Crippen LogP contribution in [0.1, 0.15) is 29.8 Å². The lowest BCUT2D eigenvalue weighted by atomic mass is 9.65. The second-order valence-electron chi connectivity index (χ2n) is 7.36. The summed E-state index contributed by atoms with van der Waals surface area (Å²) in [6, 6.07) is 12.2. The van der Waals surface area contributed by atoms with Gasteiger partial charge in [-0.1, -0.05) is 12.1 Å². The van der Waals surface area contributed by atoms with E-state index in [0.29, 0.717) is 18.1 Å². The monoisotopic (exact) mass is 391 g/mol. The molecule has 7 heteroatoms. The first-order valence-corrected chi connectivity index (χ1v) is 9.34. The maximum Gasteiger partial charge on any atom is 0.222 e. The third-order valence-corrected chi connectivity index (χ3v) is 5.37. The lowest BCUT2D eigenvalue weighted by molar-refractivity contribution is 0.0963. The van der Waals surface area contributed by atoms with Crippen LogP contribution < -0.4 is 5.32 Å². The van der Waals surface area contributed by atoms with Gasteiger partial charge >= 0.3 is 0 Å². The van der Waals surface area contributed by atoms with Crippen LogP contribution in [0.2, 0.25) is 0 Å². The molecule has 1 fully saturated rings. The molecular formula is C22H19F2N5. The highest BCUT2D eigenvalue weighted by Gasteiger charge is 2.48. The molecule has 0 spiro atoms. The number of nitrogens with one attached hydrogen (secondary N) is 1. The van der Waals surface area contributed by atoms with Crippen molar-refractivity contribution < 1.29 is 8.78 Å². The Morgan fingerprint density at radius 3 is 2.59 bits per heavy atom. The normalized spacial score (nSPS) is 20.6. The van der Waals surface area contributed by atoms with Gasteiger partial charge in [-0.15, -0.1) is 0 Å². The molecule has 1 aliphatic carbocycles. The molecule has 1 N–H and O–H groups in total. The molecule has 4 rings (SSSR count). The van der Waals surface area contributed by atoms with Crippen molar-refractivity contribution in [3.63, 3.8) is 0 Å². The summed E-state index contributed by atoms with van der Waals surface area (Å²) in [4.78, 5) is 13.0. The average Bonchev–Trinajstić information content (AvgIpc) is 2.71. The lowest BCUT2D eigenvalue weighted by Crippen LogP contribution is -2.49. The minimum atomic E-state index is -0.959. The number of hydrogen-bond donors (Lipinski definition) is 1. The molecule has 5 nitrogen and oxygen atoms in total. The van der Waals surface area contributed by atoms with Crippen LogP contribution in [0.5, 0.6) is 0 Å². The highest BCUT2D eigenvalue weighted by Crippen LogP contribution is 2.45. The molecule has 3 aromatic rings. The van der Waals surface area contributed by atoms with Crippen molar-refractivity contribution in [1.82, 2.24) is 15.0 Å². The largest absolute Gasteiger partial charge is 0.353 e. The van der Waals surface area contributed by atoms with Crippen molar-refractivity contribution in [3.8, 4) is 17.2 Å². The molecule has 1 aliphatic rings. The second kappa shape index (κ2) is 7.55. The van der Waals surface area contributed by atoms with E-state index >= 15 is 0 Å². The van der Waals surface area contributed by atoms with Crippen LogP contribution >= 0.6 is 0 Å². The fourth-order valence-electron chi connectivity index (χ4n) is 3.79. The molecule has 1 saturated carbocycles. The Labute approximate surface area is 167 Å². The molecule has 0 unspecified atom stereocenters. The molecule has 0 amide bonds. The topological polar surface area (TPSA) is 74.5 Å². The summed E-state index contributed by atoms with van der Waals surface area (Å²) in [5, 5.41) is 12.1. The molecule has 0 atom stereocenters. The van der Waals surface area contributed by atoms with Gasteiger partial charge in [0.25, 0.3) is 0 Å². The van der Waals surface area contributed by atoms with E-state index in [-0.39, 0.29) is 18.5 Å². The first kappa shape index (κ1) is 18.9. The smallest absolute Gasteiger partial charge is 0.222 e.